The number of aryl methyl sites for hydroxylation is 1. The Balaban J connectivity index is 2.72. The molecule has 0 aliphatic heterocycles. The summed E-state index contributed by atoms with van der Waals surface area (Å²) in [5, 5.41) is 0. The van der Waals surface area contributed by atoms with E-state index in [0.717, 1.165) is 37.2 Å². The third-order valence-electron chi connectivity index (χ3n) is 3.38. The van der Waals surface area contributed by atoms with Crippen LogP contribution in [-0.2, 0) is 6.42 Å². The maximum Gasteiger partial charge on any atom is 0.142 e. The van der Waals surface area contributed by atoms with Crippen molar-refractivity contribution in [2.24, 2.45) is 5.73 Å². The second-order valence-corrected chi connectivity index (χ2v) is 5.87. The minimum absolute atomic E-state index is 0.0871. The molecule has 0 spiro atoms. The van der Waals surface area contributed by atoms with Crippen molar-refractivity contribution in [2.45, 2.75) is 45.6 Å². The Labute approximate surface area is 117 Å². The molecular weight excluding hydrogens is 236 g/mol. The van der Waals surface area contributed by atoms with Gasteiger partial charge in [0, 0.05) is 19.1 Å². The molecule has 1 rings (SSSR count). The Morgan fingerprint density at radius 2 is 2.00 bits per heavy atom. The van der Waals surface area contributed by atoms with Gasteiger partial charge in [-0.15, -0.1) is 0 Å². The van der Waals surface area contributed by atoms with Gasteiger partial charge in [-0.05, 0) is 50.8 Å². The molecule has 1 aromatic carbocycles. The fraction of sp³-hybridized carbons (Fsp3) is 0.625. The number of hydrogen-bond acceptors (Lipinski definition) is 3. The van der Waals surface area contributed by atoms with Gasteiger partial charge in [-0.2, -0.15) is 0 Å². The van der Waals surface area contributed by atoms with Crippen molar-refractivity contribution in [3.8, 4) is 5.75 Å². The minimum atomic E-state index is -0.0871. The van der Waals surface area contributed by atoms with E-state index in [1.807, 2.05) is 0 Å². The summed E-state index contributed by atoms with van der Waals surface area (Å²) >= 11 is 0. The summed E-state index contributed by atoms with van der Waals surface area (Å²) in [5.41, 5.74) is 8.43. The van der Waals surface area contributed by atoms with Crippen molar-refractivity contribution in [1.29, 1.82) is 0 Å². The number of benzene rings is 1. The monoisotopic (exact) mass is 264 g/mol. The van der Waals surface area contributed by atoms with E-state index in [-0.39, 0.29) is 5.54 Å². The second-order valence-electron chi connectivity index (χ2n) is 5.87. The van der Waals surface area contributed by atoms with E-state index < -0.39 is 0 Å². The van der Waals surface area contributed by atoms with Crippen LogP contribution in [0.25, 0.3) is 0 Å². The van der Waals surface area contributed by atoms with Crippen molar-refractivity contribution in [1.82, 2.24) is 0 Å². The fourth-order valence-electron chi connectivity index (χ4n) is 2.15. The van der Waals surface area contributed by atoms with Crippen LogP contribution in [0.1, 0.15) is 39.2 Å². The Kier molecular flexibility index (Phi) is 5.67. The van der Waals surface area contributed by atoms with Gasteiger partial charge < -0.3 is 15.4 Å². The van der Waals surface area contributed by atoms with Crippen LogP contribution < -0.4 is 15.4 Å². The molecule has 0 atom stereocenters. The summed E-state index contributed by atoms with van der Waals surface area (Å²) in [6.45, 7) is 7.31. The first kappa shape index (κ1) is 15.8. The highest BCUT2D eigenvalue weighted by Gasteiger charge is 2.12. The summed E-state index contributed by atoms with van der Waals surface area (Å²) in [7, 11) is 3.84. The Morgan fingerprint density at radius 3 is 2.53 bits per heavy atom. The molecule has 0 aliphatic carbocycles. The highest BCUT2D eigenvalue weighted by atomic mass is 16.5. The summed E-state index contributed by atoms with van der Waals surface area (Å²) in [6, 6.07) is 6.39. The van der Waals surface area contributed by atoms with Crippen molar-refractivity contribution in [3.63, 3.8) is 0 Å². The van der Waals surface area contributed by atoms with E-state index in [4.69, 9.17) is 10.5 Å². The van der Waals surface area contributed by atoms with Crippen molar-refractivity contribution >= 4 is 5.69 Å². The number of rotatable bonds is 7. The topological polar surface area (TPSA) is 38.5 Å². The van der Waals surface area contributed by atoms with Gasteiger partial charge in [0.1, 0.15) is 5.75 Å². The Morgan fingerprint density at radius 1 is 1.32 bits per heavy atom. The largest absolute Gasteiger partial charge is 0.495 e. The highest BCUT2D eigenvalue weighted by Crippen LogP contribution is 2.29. The maximum atomic E-state index is 6.02. The lowest BCUT2D eigenvalue weighted by molar-refractivity contribution is 0.413. The number of hydrogen-bond donors (Lipinski definition) is 1. The summed E-state index contributed by atoms with van der Waals surface area (Å²) in [5.74, 6) is 0.937. The van der Waals surface area contributed by atoms with Gasteiger partial charge in [0.25, 0.3) is 0 Å². The van der Waals surface area contributed by atoms with Gasteiger partial charge >= 0.3 is 0 Å². The molecule has 0 unspecified atom stereocenters. The first-order valence-electron chi connectivity index (χ1n) is 7.04. The molecule has 0 saturated carbocycles. The summed E-state index contributed by atoms with van der Waals surface area (Å²) in [6.07, 6.45) is 3.15. The van der Waals surface area contributed by atoms with Crippen LogP contribution in [-0.4, -0.2) is 26.2 Å². The molecule has 0 fully saturated rings. The third-order valence-corrected chi connectivity index (χ3v) is 3.38. The molecule has 1 aromatic rings. The van der Waals surface area contributed by atoms with Gasteiger partial charge in [0.05, 0.1) is 12.8 Å². The number of nitrogens with zero attached hydrogens (tertiary/aromatic N) is 1. The zero-order valence-electron chi connectivity index (χ0n) is 13.0. The molecule has 0 radical (unpaired) electrons. The second kappa shape index (κ2) is 6.80. The van der Waals surface area contributed by atoms with Gasteiger partial charge in [-0.25, -0.2) is 0 Å². The van der Waals surface area contributed by atoms with Crippen molar-refractivity contribution in [2.75, 3.05) is 25.6 Å². The first-order chi connectivity index (χ1) is 8.87. The standard InChI is InChI=1S/C16H28N2O/c1-6-13-8-9-15(19-5)14(12-13)18(4)11-7-10-16(2,3)17/h8-9,12H,6-7,10-11,17H2,1-5H3. The van der Waals surface area contributed by atoms with Gasteiger partial charge in [0.15, 0.2) is 0 Å². The number of methoxy groups -OCH3 is 1. The predicted octanol–water partition coefficient (Wildman–Crippen LogP) is 3.21. The van der Waals surface area contributed by atoms with Crippen LogP contribution >= 0.6 is 0 Å². The van der Waals surface area contributed by atoms with E-state index in [2.05, 4.69) is 50.9 Å². The van der Waals surface area contributed by atoms with Crippen LogP contribution in [0.15, 0.2) is 18.2 Å². The normalized spacial score (nSPS) is 11.5. The van der Waals surface area contributed by atoms with E-state index in [9.17, 15) is 0 Å². The lowest BCUT2D eigenvalue weighted by Gasteiger charge is -2.25. The van der Waals surface area contributed by atoms with Crippen LogP contribution in [0.3, 0.4) is 0 Å². The molecule has 0 aromatic heterocycles. The number of anilines is 1. The summed E-state index contributed by atoms with van der Waals surface area (Å²) < 4.78 is 5.45. The van der Waals surface area contributed by atoms with E-state index in [0.29, 0.717) is 0 Å². The van der Waals surface area contributed by atoms with Crippen molar-refractivity contribution < 1.29 is 4.74 Å². The molecule has 19 heavy (non-hydrogen) atoms. The lowest BCUT2D eigenvalue weighted by Crippen LogP contribution is -2.33. The first-order valence-corrected chi connectivity index (χ1v) is 7.04. The number of nitrogens with two attached hydrogens (primary N) is 1. The maximum absolute atomic E-state index is 6.02. The molecule has 0 aliphatic rings. The van der Waals surface area contributed by atoms with Crippen LogP contribution in [0, 0.1) is 0 Å². The zero-order chi connectivity index (χ0) is 14.5. The minimum Gasteiger partial charge on any atom is -0.495 e. The highest BCUT2D eigenvalue weighted by molar-refractivity contribution is 5.59. The zero-order valence-corrected chi connectivity index (χ0v) is 13.0. The molecule has 3 nitrogen and oxygen atoms in total. The SMILES string of the molecule is CCc1ccc(OC)c(N(C)CCCC(C)(C)N)c1. The molecular formula is C16H28N2O. The quantitative estimate of drug-likeness (QED) is 0.822. The van der Waals surface area contributed by atoms with Gasteiger partial charge in [-0.1, -0.05) is 13.0 Å². The van der Waals surface area contributed by atoms with Crippen molar-refractivity contribution in [3.05, 3.63) is 23.8 Å². The molecule has 2 N–H and O–H groups in total. The van der Waals surface area contributed by atoms with E-state index in [1.54, 1.807) is 7.11 Å². The van der Waals surface area contributed by atoms with Crippen LogP contribution in [0.5, 0.6) is 5.75 Å². The fourth-order valence-corrected chi connectivity index (χ4v) is 2.15. The molecule has 0 heterocycles. The van der Waals surface area contributed by atoms with E-state index >= 15 is 0 Å². The van der Waals surface area contributed by atoms with Crippen LogP contribution in [0.4, 0.5) is 5.69 Å². The average Bonchev–Trinajstić information content (AvgIpc) is 2.36. The van der Waals surface area contributed by atoms with Gasteiger partial charge in [-0.3, -0.25) is 0 Å². The van der Waals surface area contributed by atoms with E-state index in [1.165, 1.54) is 5.56 Å². The molecule has 108 valence electrons. The van der Waals surface area contributed by atoms with Crippen LogP contribution in [0.2, 0.25) is 0 Å². The Hall–Kier alpha value is -1.22. The molecule has 0 amide bonds. The molecule has 0 bridgehead atoms. The average molecular weight is 264 g/mol. The molecule has 0 saturated heterocycles. The smallest absolute Gasteiger partial charge is 0.142 e. The Bertz CT molecular complexity index is 396. The summed E-state index contributed by atoms with van der Waals surface area (Å²) in [4.78, 5) is 2.25. The third kappa shape index (κ3) is 5.11. The van der Waals surface area contributed by atoms with Gasteiger partial charge in [0.2, 0.25) is 0 Å². The lowest BCUT2D eigenvalue weighted by atomic mass is 10.00. The molecule has 3 heteroatoms. The number of ether oxygens (including phenoxy) is 1. The predicted molar refractivity (Wildman–Crippen MR) is 83.1 cm³/mol.